The molecule has 0 aliphatic rings. The quantitative estimate of drug-likeness (QED) is 0.393. The van der Waals surface area contributed by atoms with E-state index in [2.05, 4.69) is 41.4 Å². The van der Waals surface area contributed by atoms with E-state index in [9.17, 15) is 4.39 Å². The molecule has 1 heterocycles. The van der Waals surface area contributed by atoms with Crippen LogP contribution in [0.15, 0.2) is 78.0 Å². The minimum absolute atomic E-state index is 0.306. The van der Waals surface area contributed by atoms with Crippen molar-refractivity contribution < 1.29 is 4.39 Å². The first-order chi connectivity index (χ1) is 13.6. The van der Waals surface area contributed by atoms with Crippen molar-refractivity contribution >= 4 is 11.8 Å². The van der Waals surface area contributed by atoms with Crippen molar-refractivity contribution in [3.8, 4) is 17.1 Å². The second-order valence-corrected chi connectivity index (χ2v) is 7.63. The van der Waals surface area contributed by atoms with Crippen LogP contribution in [-0.2, 0) is 5.75 Å². The van der Waals surface area contributed by atoms with Gasteiger partial charge in [-0.3, -0.25) is 4.57 Å². The molecule has 3 nitrogen and oxygen atoms in total. The molecule has 0 atom stereocenters. The van der Waals surface area contributed by atoms with Gasteiger partial charge in [-0.25, -0.2) is 4.39 Å². The van der Waals surface area contributed by atoms with Crippen LogP contribution in [0.25, 0.3) is 17.1 Å². The zero-order valence-corrected chi connectivity index (χ0v) is 16.6. The Morgan fingerprint density at radius 2 is 1.68 bits per heavy atom. The average molecular weight is 389 g/mol. The van der Waals surface area contributed by atoms with Crippen LogP contribution in [0, 0.1) is 19.7 Å². The lowest BCUT2D eigenvalue weighted by atomic mass is 10.1. The molecule has 0 radical (unpaired) electrons. The molecule has 0 bridgehead atoms. The highest BCUT2D eigenvalue weighted by atomic mass is 32.2. The third kappa shape index (κ3) is 3.71. The van der Waals surface area contributed by atoms with Gasteiger partial charge in [0.15, 0.2) is 11.0 Å². The van der Waals surface area contributed by atoms with E-state index in [1.807, 2.05) is 41.8 Å². The van der Waals surface area contributed by atoms with Crippen LogP contribution in [0.5, 0.6) is 0 Å². The summed E-state index contributed by atoms with van der Waals surface area (Å²) in [6.07, 6.45) is 0. The molecule has 1 aromatic heterocycles. The minimum Gasteiger partial charge on any atom is -0.270 e. The van der Waals surface area contributed by atoms with Crippen molar-refractivity contribution in [2.75, 3.05) is 0 Å². The number of hydrogen-bond donors (Lipinski definition) is 0. The summed E-state index contributed by atoms with van der Waals surface area (Å²) in [5.41, 5.74) is 4.93. The van der Waals surface area contributed by atoms with Gasteiger partial charge in [0.05, 0.1) is 11.3 Å². The zero-order chi connectivity index (χ0) is 19.5. The first-order valence-electron chi connectivity index (χ1n) is 9.08. The van der Waals surface area contributed by atoms with Crippen LogP contribution in [0.2, 0.25) is 0 Å². The number of rotatable bonds is 5. The SMILES string of the molecule is Cc1cccc(CSc2nnc(-c3ccccc3F)n2-c2ccccc2C)c1. The zero-order valence-electron chi connectivity index (χ0n) is 15.8. The summed E-state index contributed by atoms with van der Waals surface area (Å²) in [7, 11) is 0. The Morgan fingerprint density at radius 3 is 2.46 bits per heavy atom. The molecule has 0 saturated carbocycles. The number of aromatic nitrogens is 3. The highest BCUT2D eigenvalue weighted by molar-refractivity contribution is 7.98. The number of halogens is 1. The number of aryl methyl sites for hydroxylation is 2. The summed E-state index contributed by atoms with van der Waals surface area (Å²) in [5, 5.41) is 9.49. The topological polar surface area (TPSA) is 30.7 Å². The summed E-state index contributed by atoms with van der Waals surface area (Å²) in [5.74, 6) is 0.974. The number of benzene rings is 3. The predicted octanol–water partition coefficient (Wildman–Crippen LogP) is 5.98. The molecule has 5 heteroatoms. The van der Waals surface area contributed by atoms with Gasteiger partial charge in [-0.2, -0.15) is 0 Å². The van der Waals surface area contributed by atoms with Crippen molar-refractivity contribution in [3.63, 3.8) is 0 Å². The highest BCUT2D eigenvalue weighted by Gasteiger charge is 2.19. The average Bonchev–Trinajstić information content (AvgIpc) is 3.11. The molecule has 0 fully saturated rings. The van der Waals surface area contributed by atoms with Gasteiger partial charge < -0.3 is 0 Å². The maximum Gasteiger partial charge on any atom is 0.196 e. The summed E-state index contributed by atoms with van der Waals surface area (Å²) in [6, 6.07) is 23.1. The monoisotopic (exact) mass is 389 g/mol. The lowest BCUT2D eigenvalue weighted by molar-refractivity contribution is 0.629. The second kappa shape index (κ2) is 7.98. The fourth-order valence-corrected chi connectivity index (χ4v) is 4.05. The Labute approximate surface area is 168 Å². The van der Waals surface area contributed by atoms with Crippen molar-refractivity contribution in [3.05, 3.63) is 95.3 Å². The van der Waals surface area contributed by atoms with Gasteiger partial charge in [-0.1, -0.05) is 71.9 Å². The smallest absolute Gasteiger partial charge is 0.196 e. The third-order valence-corrected chi connectivity index (χ3v) is 5.55. The van der Waals surface area contributed by atoms with Gasteiger partial charge in [0.1, 0.15) is 5.82 Å². The van der Waals surface area contributed by atoms with Gasteiger partial charge in [-0.05, 0) is 43.2 Å². The van der Waals surface area contributed by atoms with Crippen molar-refractivity contribution in [2.24, 2.45) is 0 Å². The van der Waals surface area contributed by atoms with Gasteiger partial charge in [-0.15, -0.1) is 10.2 Å². The molecular formula is C23H20FN3S. The van der Waals surface area contributed by atoms with E-state index < -0.39 is 0 Å². The highest BCUT2D eigenvalue weighted by Crippen LogP contribution is 2.32. The lowest BCUT2D eigenvalue weighted by Gasteiger charge is -2.13. The molecule has 0 saturated heterocycles. The molecule has 0 spiro atoms. The van der Waals surface area contributed by atoms with E-state index in [0.29, 0.717) is 11.4 Å². The molecule has 0 aliphatic heterocycles. The van der Waals surface area contributed by atoms with Crippen LogP contribution in [0.4, 0.5) is 4.39 Å². The Hall–Kier alpha value is -2.92. The fraction of sp³-hybridized carbons (Fsp3) is 0.130. The summed E-state index contributed by atoms with van der Waals surface area (Å²) in [6.45, 7) is 4.12. The minimum atomic E-state index is -0.306. The molecule has 28 heavy (non-hydrogen) atoms. The largest absolute Gasteiger partial charge is 0.270 e. The Bertz CT molecular complexity index is 1120. The number of para-hydroxylation sites is 1. The number of nitrogens with zero attached hydrogens (tertiary/aromatic N) is 3. The molecule has 0 unspecified atom stereocenters. The standard InChI is InChI=1S/C23H20FN3S/c1-16-8-7-10-18(14-16)15-28-23-26-25-22(19-11-4-5-12-20(19)24)27(23)21-13-6-3-9-17(21)2/h3-14H,15H2,1-2H3. The molecule has 0 aliphatic carbocycles. The first kappa shape index (κ1) is 18.4. The molecule has 0 amide bonds. The van der Waals surface area contributed by atoms with Crippen LogP contribution >= 0.6 is 11.8 Å². The van der Waals surface area contributed by atoms with E-state index >= 15 is 0 Å². The molecule has 140 valence electrons. The van der Waals surface area contributed by atoms with Crippen LogP contribution in [-0.4, -0.2) is 14.8 Å². The van der Waals surface area contributed by atoms with Gasteiger partial charge in [0.2, 0.25) is 0 Å². The maximum atomic E-state index is 14.5. The molecule has 4 aromatic rings. The summed E-state index contributed by atoms with van der Waals surface area (Å²) >= 11 is 1.60. The van der Waals surface area contributed by atoms with Crippen LogP contribution < -0.4 is 0 Å². The van der Waals surface area contributed by atoms with Gasteiger partial charge >= 0.3 is 0 Å². The van der Waals surface area contributed by atoms with Crippen molar-refractivity contribution in [1.29, 1.82) is 0 Å². The van der Waals surface area contributed by atoms with E-state index in [0.717, 1.165) is 22.2 Å². The van der Waals surface area contributed by atoms with Gasteiger partial charge in [0, 0.05) is 5.75 Å². The molecular weight excluding hydrogens is 369 g/mol. The first-order valence-corrected chi connectivity index (χ1v) is 10.1. The molecule has 0 N–H and O–H groups in total. The summed E-state index contributed by atoms with van der Waals surface area (Å²) < 4.78 is 16.4. The second-order valence-electron chi connectivity index (χ2n) is 6.69. The van der Waals surface area contributed by atoms with Crippen LogP contribution in [0.1, 0.15) is 16.7 Å². The van der Waals surface area contributed by atoms with Crippen molar-refractivity contribution in [1.82, 2.24) is 14.8 Å². The maximum absolute atomic E-state index is 14.5. The van der Waals surface area contributed by atoms with Gasteiger partial charge in [0.25, 0.3) is 0 Å². The Kier molecular flexibility index (Phi) is 5.26. The van der Waals surface area contributed by atoms with E-state index in [1.165, 1.54) is 17.2 Å². The molecule has 4 rings (SSSR count). The predicted molar refractivity (Wildman–Crippen MR) is 112 cm³/mol. The van der Waals surface area contributed by atoms with E-state index in [-0.39, 0.29) is 5.82 Å². The van der Waals surface area contributed by atoms with Crippen molar-refractivity contribution in [2.45, 2.75) is 24.8 Å². The Balaban J connectivity index is 1.79. The number of hydrogen-bond acceptors (Lipinski definition) is 3. The normalized spacial score (nSPS) is 11.0. The molecule has 3 aromatic carbocycles. The van der Waals surface area contributed by atoms with E-state index in [1.54, 1.807) is 23.9 Å². The fourth-order valence-electron chi connectivity index (χ4n) is 3.16. The Morgan fingerprint density at radius 1 is 0.893 bits per heavy atom. The summed E-state index contributed by atoms with van der Waals surface area (Å²) in [4.78, 5) is 0. The van der Waals surface area contributed by atoms with Crippen LogP contribution in [0.3, 0.4) is 0 Å². The lowest BCUT2D eigenvalue weighted by Crippen LogP contribution is -2.02. The number of thioether (sulfide) groups is 1. The van der Waals surface area contributed by atoms with E-state index in [4.69, 9.17) is 0 Å². The third-order valence-electron chi connectivity index (χ3n) is 4.55.